The number of halogens is 1. The molecule has 1 N–H and O–H groups in total. The molecule has 2 aromatic rings. The number of amides is 1. The zero-order chi connectivity index (χ0) is 19.9. The van der Waals surface area contributed by atoms with E-state index in [-0.39, 0.29) is 24.9 Å². The molecule has 1 amide bonds. The Bertz CT molecular complexity index is 799. The van der Waals surface area contributed by atoms with E-state index in [9.17, 15) is 4.79 Å². The van der Waals surface area contributed by atoms with Crippen molar-refractivity contribution in [2.24, 2.45) is 0 Å². The van der Waals surface area contributed by atoms with Gasteiger partial charge in [-0.25, -0.2) is 0 Å². The molecule has 1 unspecified atom stereocenters. The summed E-state index contributed by atoms with van der Waals surface area (Å²) in [5, 5.41) is 3.38. The van der Waals surface area contributed by atoms with Gasteiger partial charge in [-0.3, -0.25) is 9.69 Å². The number of benzene rings is 2. The van der Waals surface area contributed by atoms with Crippen molar-refractivity contribution in [1.29, 1.82) is 0 Å². The fourth-order valence-electron chi connectivity index (χ4n) is 3.97. The molecule has 6 nitrogen and oxygen atoms in total. The molecule has 0 radical (unpaired) electrons. The maximum Gasteiger partial charge on any atom is 0.260 e. The lowest BCUT2D eigenvalue weighted by Crippen LogP contribution is -2.49. The summed E-state index contributed by atoms with van der Waals surface area (Å²) in [6.45, 7) is 6.32. The summed E-state index contributed by atoms with van der Waals surface area (Å²) in [5.74, 6) is 1.30. The molecule has 162 valence electrons. The summed E-state index contributed by atoms with van der Waals surface area (Å²) in [4.78, 5) is 17.1. The molecule has 0 saturated carbocycles. The molecule has 1 atom stereocenters. The third-order valence-corrected chi connectivity index (χ3v) is 5.62. The predicted octanol–water partition coefficient (Wildman–Crippen LogP) is 2.57. The van der Waals surface area contributed by atoms with Crippen molar-refractivity contribution in [1.82, 2.24) is 15.1 Å². The maximum absolute atomic E-state index is 12.7. The van der Waals surface area contributed by atoms with Gasteiger partial charge < -0.3 is 19.7 Å². The Hall–Kier alpha value is -2.28. The van der Waals surface area contributed by atoms with Crippen LogP contribution in [0.5, 0.6) is 11.5 Å². The van der Waals surface area contributed by atoms with Crippen LogP contribution in [0.1, 0.15) is 12.0 Å². The van der Waals surface area contributed by atoms with E-state index < -0.39 is 0 Å². The highest BCUT2D eigenvalue weighted by Crippen LogP contribution is 2.27. The molecule has 0 spiro atoms. The SMILES string of the molecule is Cl.O=C(COc1ccccc1OCc1ccccc1)N1CCC(N2CCNCC2)C1. The second-order valence-electron chi connectivity index (χ2n) is 7.58. The Kier molecular flexibility index (Phi) is 8.37. The summed E-state index contributed by atoms with van der Waals surface area (Å²) < 4.78 is 11.8. The number of nitrogens with one attached hydrogen (secondary N) is 1. The van der Waals surface area contributed by atoms with Crippen LogP contribution in [0, 0.1) is 0 Å². The lowest BCUT2D eigenvalue weighted by atomic mass is 10.2. The Balaban J connectivity index is 0.00000256. The Morgan fingerprint density at radius 1 is 0.933 bits per heavy atom. The smallest absolute Gasteiger partial charge is 0.260 e. The number of likely N-dealkylation sites (tertiary alicyclic amines) is 1. The third kappa shape index (κ3) is 5.88. The van der Waals surface area contributed by atoms with Crippen LogP contribution in [-0.4, -0.2) is 67.6 Å². The maximum atomic E-state index is 12.7. The van der Waals surface area contributed by atoms with Crippen LogP contribution in [0.25, 0.3) is 0 Å². The lowest BCUT2D eigenvalue weighted by Gasteiger charge is -2.32. The standard InChI is InChI=1S/C23H29N3O3.ClH/c27-23(26-13-10-20(16-26)25-14-11-24-12-15-25)18-29-22-9-5-4-8-21(22)28-17-19-6-2-1-3-7-19;/h1-9,20,24H,10-18H2;1H. The fraction of sp³-hybridized carbons (Fsp3) is 0.435. The first-order valence-corrected chi connectivity index (χ1v) is 10.4. The highest BCUT2D eigenvalue weighted by Gasteiger charge is 2.31. The van der Waals surface area contributed by atoms with E-state index in [1.54, 1.807) is 0 Å². The second kappa shape index (κ2) is 11.2. The Labute approximate surface area is 184 Å². The topological polar surface area (TPSA) is 54.0 Å². The van der Waals surface area contributed by atoms with Gasteiger partial charge >= 0.3 is 0 Å². The van der Waals surface area contributed by atoms with Gasteiger partial charge in [-0.1, -0.05) is 42.5 Å². The predicted molar refractivity (Wildman–Crippen MR) is 119 cm³/mol. The lowest BCUT2D eigenvalue weighted by molar-refractivity contribution is -0.132. The highest BCUT2D eigenvalue weighted by atomic mass is 35.5. The van der Waals surface area contributed by atoms with Gasteiger partial charge in [0.05, 0.1) is 0 Å². The third-order valence-electron chi connectivity index (χ3n) is 5.62. The number of hydrogen-bond donors (Lipinski definition) is 1. The molecule has 2 saturated heterocycles. The first-order chi connectivity index (χ1) is 14.3. The quantitative estimate of drug-likeness (QED) is 0.730. The van der Waals surface area contributed by atoms with Gasteiger partial charge in [-0.15, -0.1) is 12.4 Å². The summed E-state index contributed by atoms with van der Waals surface area (Å²) in [7, 11) is 0. The number of nitrogens with zero attached hydrogens (tertiary/aromatic N) is 2. The molecule has 7 heteroatoms. The monoisotopic (exact) mass is 431 g/mol. The van der Waals surface area contributed by atoms with E-state index in [0.29, 0.717) is 24.1 Å². The van der Waals surface area contributed by atoms with Crippen LogP contribution in [0.2, 0.25) is 0 Å². The molecule has 4 rings (SSSR count). The van der Waals surface area contributed by atoms with E-state index in [1.165, 1.54) is 0 Å². The molecule has 30 heavy (non-hydrogen) atoms. The molecule has 2 heterocycles. The minimum atomic E-state index is 0. The average Bonchev–Trinajstić information content (AvgIpc) is 3.28. The summed E-state index contributed by atoms with van der Waals surface area (Å²) in [6, 6.07) is 18.0. The number of ether oxygens (including phenoxy) is 2. The van der Waals surface area contributed by atoms with Crippen LogP contribution in [0.3, 0.4) is 0 Å². The number of hydrogen-bond acceptors (Lipinski definition) is 5. The van der Waals surface area contributed by atoms with Crippen LogP contribution < -0.4 is 14.8 Å². The molecule has 0 bridgehead atoms. The van der Waals surface area contributed by atoms with Gasteiger partial charge in [0.15, 0.2) is 18.1 Å². The highest BCUT2D eigenvalue weighted by molar-refractivity contribution is 5.85. The molecule has 2 aliphatic heterocycles. The van der Waals surface area contributed by atoms with E-state index in [4.69, 9.17) is 9.47 Å². The number of para-hydroxylation sites is 2. The van der Waals surface area contributed by atoms with Gasteiger partial charge in [0.2, 0.25) is 0 Å². The number of carbonyl (C=O) groups is 1. The van der Waals surface area contributed by atoms with E-state index in [2.05, 4.69) is 10.2 Å². The van der Waals surface area contributed by atoms with E-state index in [1.807, 2.05) is 59.5 Å². The number of piperazine rings is 1. The molecule has 2 fully saturated rings. The van der Waals surface area contributed by atoms with Crippen LogP contribution in [0.4, 0.5) is 0 Å². The van der Waals surface area contributed by atoms with Gasteiger partial charge in [-0.05, 0) is 24.1 Å². The normalized spacial score (nSPS) is 19.2. The molecule has 2 aliphatic rings. The van der Waals surface area contributed by atoms with Crippen LogP contribution in [-0.2, 0) is 11.4 Å². The van der Waals surface area contributed by atoms with Gasteiger partial charge in [-0.2, -0.15) is 0 Å². The van der Waals surface area contributed by atoms with Gasteiger partial charge in [0.25, 0.3) is 5.91 Å². The van der Waals surface area contributed by atoms with Crippen molar-refractivity contribution in [3.05, 3.63) is 60.2 Å². The zero-order valence-corrected chi connectivity index (χ0v) is 18.0. The van der Waals surface area contributed by atoms with Crippen molar-refractivity contribution in [2.75, 3.05) is 45.9 Å². The first-order valence-electron chi connectivity index (χ1n) is 10.4. The minimum absolute atomic E-state index is 0. The van der Waals surface area contributed by atoms with Crippen LogP contribution >= 0.6 is 12.4 Å². The number of rotatable bonds is 7. The fourth-order valence-corrected chi connectivity index (χ4v) is 3.97. The first kappa shape index (κ1) is 22.4. The van der Waals surface area contributed by atoms with Crippen molar-refractivity contribution in [3.8, 4) is 11.5 Å². The largest absolute Gasteiger partial charge is 0.485 e. The molecular formula is C23H30ClN3O3. The van der Waals surface area contributed by atoms with Crippen LogP contribution in [0.15, 0.2) is 54.6 Å². The van der Waals surface area contributed by atoms with E-state index >= 15 is 0 Å². The van der Waals surface area contributed by atoms with Crippen molar-refractivity contribution >= 4 is 18.3 Å². The van der Waals surface area contributed by atoms with Crippen molar-refractivity contribution in [2.45, 2.75) is 19.1 Å². The molecule has 0 aromatic heterocycles. The molecule has 0 aliphatic carbocycles. The summed E-state index contributed by atoms with van der Waals surface area (Å²) in [6.07, 6.45) is 1.04. The Morgan fingerprint density at radius 3 is 2.33 bits per heavy atom. The number of carbonyl (C=O) groups excluding carboxylic acids is 1. The minimum Gasteiger partial charge on any atom is -0.485 e. The molecular weight excluding hydrogens is 402 g/mol. The van der Waals surface area contributed by atoms with Gasteiger partial charge in [0.1, 0.15) is 6.61 Å². The van der Waals surface area contributed by atoms with Gasteiger partial charge in [0, 0.05) is 45.3 Å². The average molecular weight is 432 g/mol. The zero-order valence-electron chi connectivity index (χ0n) is 17.2. The summed E-state index contributed by atoms with van der Waals surface area (Å²) in [5.41, 5.74) is 1.09. The Morgan fingerprint density at radius 2 is 1.60 bits per heavy atom. The molecule has 2 aromatic carbocycles. The van der Waals surface area contributed by atoms with Crippen molar-refractivity contribution < 1.29 is 14.3 Å². The summed E-state index contributed by atoms with van der Waals surface area (Å²) >= 11 is 0. The van der Waals surface area contributed by atoms with Crippen molar-refractivity contribution in [3.63, 3.8) is 0 Å². The van der Waals surface area contributed by atoms with E-state index in [0.717, 1.165) is 51.3 Å². The second-order valence-corrected chi connectivity index (χ2v) is 7.58.